The third kappa shape index (κ3) is 3.72. The first-order valence-corrected chi connectivity index (χ1v) is 13.8. The van der Waals surface area contributed by atoms with Crippen molar-refractivity contribution in [1.82, 2.24) is 28.6 Å². The topological polar surface area (TPSA) is 103 Å². The molecule has 2 atom stereocenters. The summed E-state index contributed by atoms with van der Waals surface area (Å²) in [6.07, 6.45) is 6.83. The van der Waals surface area contributed by atoms with Gasteiger partial charge in [0.2, 0.25) is 0 Å². The maximum atomic E-state index is 12.3. The molecule has 1 unspecified atom stereocenters. The Morgan fingerprint density at radius 2 is 2.06 bits per heavy atom. The minimum absolute atomic E-state index is 0.0222. The summed E-state index contributed by atoms with van der Waals surface area (Å²) < 4.78 is 42.3. The Bertz CT molecular complexity index is 1480. The number of hydrogen-bond donors (Lipinski definition) is 0. The van der Waals surface area contributed by atoms with Crippen LogP contribution in [-0.4, -0.2) is 66.8 Å². The van der Waals surface area contributed by atoms with Crippen LogP contribution in [0.3, 0.4) is 0 Å². The van der Waals surface area contributed by atoms with E-state index in [-0.39, 0.29) is 17.6 Å². The molecule has 32 heavy (non-hydrogen) atoms. The molecule has 3 aromatic heterocycles. The second-order valence-corrected chi connectivity index (χ2v) is 11.6. The fraction of sp³-hybridized carbons (Fsp3) is 0.350. The molecule has 4 heterocycles. The lowest BCUT2D eigenvalue weighted by Crippen LogP contribution is -2.24. The van der Waals surface area contributed by atoms with Gasteiger partial charge in [0, 0.05) is 42.2 Å². The van der Waals surface area contributed by atoms with Crippen LogP contribution < -0.4 is 0 Å². The minimum Gasteiger partial charge on any atom is -0.322 e. The zero-order valence-corrected chi connectivity index (χ0v) is 19.9. The lowest BCUT2D eigenvalue weighted by Gasteiger charge is -2.18. The molecule has 1 aliphatic heterocycles. The zero-order valence-electron chi connectivity index (χ0n) is 17.5. The van der Waals surface area contributed by atoms with E-state index in [0.29, 0.717) is 22.5 Å². The van der Waals surface area contributed by atoms with E-state index in [1.807, 2.05) is 22.5 Å². The quantitative estimate of drug-likeness (QED) is 0.424. The molecular weight excluding hydrogens is 472 g/mol. The van der Waals surface area contributed by atoms with Crippen LogP contribution in [0.4, 0.5) is 0 Å². The van der Waals surface area contributed by atoms with Crippen LogP contribution >= 0.6 is 11.6 Å². The molecule has 0 N–H and O–H groups in total. The summed E-state index contributed by atoms with van der Waals surface area (Å²) in [5, 5.41) is 5.54. The van der Waals surface area contributed by atoms with Gasteiger partial charge >= 0.3 is 0 Å². The summed E-state index contributed by atoms with van der Waals surface area (Å²) in [5.41, 5.74) is 2.30. The van der Waals surface area contributed by atoms with E-state index < -0.39 is 20.8 Å². The number of fused-ring (bicyclic) bond motifs is 2. The maximum absolute atomic E-state index is 12.3. The number of halogens is 1. The highest BCUT2D eigenvalue weighted by Gasteiger charge is 2.29. The largest absolute Gasteiger partial charge is 0.322 e. The Kier molecular flexibility index (Phi) is 5.31. The van der Waals surface area contributed by atoms with Gasteiger partial charge in [0.05, 0.1) is 46.3 Å². The van der Waals surface area contributed by atoms with Crippen molar-refractivity contribution < 1.29 is 12.6 Å². The van der Waals surface area contributed by atoms with Crippen molar-refractivity contribution in [2.24, 2.45) is 0 Å². The molecule has 0 radical (unpaired) electrons. The molecule has 0 saturated carbocycles. The first kappa shape index (κ1) is 21.5. The summed E-state index contributed by atoms with van der Waals surface area (Å²) in [7, 11) is -4.56. The Labute approximate surface area is 192 Å². The summed E-state index contributed by atoms with van der Waals surface area (Å²) in [6.45, 7) is 1.63. The van der Waals surface area contributed by atoms with E-state index in [1.165, 1.54) is 0 Å². The number of imidazole rings is 1. The van der Waals surface area contributed by atoms with Gasteiger partial charge in [-0.15, -0.1) is 0 Å². The standard InChI is InChI=1S/C20H21ClN6O3S2/c1-31(28)25-8-6-14(11-25)27-17-4-3-13(21)9-16(17)23-19(27)12-26-18-10-22-7-5-15(18)20(24-26)32(2,29)30/h3-5,7,9-10,14H,6,8,11-12H2,1-2H3/t14-,31?/m1/s1. The monoisotopic (exact) mass is 492 g/mol. The highest BCUT2D eigenvalue weighted by atomic mass is 35.5. The summed E-state index contributed by atoms with van der Waals surface area (Å²) >= 11 is 6.21. The Morgan fingerprint density at radius 3 is 2.78 bits per heavy atom. The Morgan fingerprint density at radius 1 is 1.25 bits per heavy atom. The normalized spacial score (nSPS) is 18.7. The third-order valence-corrected chi connectivity index (χ3v) is 8.04. The van der Waals surface area contributed by atoms with E-state index in [2.05, 4.69) is 14.6 Å². The first-order chi connectivity index (χ1) is 15.2. The van der Waals surface area contributed by atoms with Gasteiger partial charge in [0.1, 0.15) is 5.82 Å². The molecule has 1 aromatic carbocycles. The van der Waals surface area contributed by atoms with E-state index >= 15 is 0 Å². The number of benzene rings is 1. The molecule has 1 saturated heterocycles. The number of sulfone groups is 1. The van der Waals surface area contributed by atoms with Gasteiger partial charge in [-0.05, 0) is 30.7 Å². The van der Waals surface area contributed by atoms with Crippen molar-refractivity contribution in [2.45, 2.75) is 24.0 Å². The van der Waals surface area contributed by atoms with Crippen LogP contribution in [0.15, 0.2) is 41.7 Å². The van der Waals surface area contributed by atoms with Crippen LogP contribution in [-0.2, 0) is 27.4 Å². The van der Waals surface area contributed by atoms with Gasteiger partial charge in [-0.1, -0.05) is 11.6 Å². The van der Waals surface area contributed by atoms with Gasteiger partial charge in [-0.2, -0.15) is 5.10 Å². The highest BCUT2D eigenvalue weighted by Crippen LogP contribution is 2.31. The van der Waals surface area contributed by atoms with Gasteiger partial charge in [-0.25, -0.2) is 21.9 Å². The van der Waals surface area contributed by atoms with Crippen molar-refractivity contribution in [3.8, 4) is 0 Å². The second kappa shape index (κ2) is 7.91. The number of rotatable bonds is 5. The molecule has 168 valence electrons. The average molecular weight is 493 g/mol. The molecular formula is C20H21ClN6O3S2. The third-order valence-electron chi connectivity index (χ3n) is 5.74. The predicted molar refractivity (Wildman–Crippen MR) is 124 cm³/mol. The molecule has 4 aromatic rings. The molecule has 0 amide bonds. The van der Waals surface area contributed by atoms with Gasteiger partial charge in [-0.3, -0.25) is 9.67 Å². The SMILES string of the molecule is CS(=O)N1CC[C@@H](n2c(Cn3nc(S(C)(=O)=O)c4ccncc43)nc3cc(Cl)ccc32)C1. The van der Waals surface area contributed by atoms with Crippen LogP contribution in [0.25, 0.3) is 21.9 Å². The molecule has 9 nitrogen and oxygen atoms in total. The minimum atomic E-state index is -3.52. The van der Waals surface area contributed by atoms with Crippen molar-refractivity contribution in [3.63, 3.8) is 0 Å². The molecule has 0 aliphatic carbocycles. The van der Waals surface area contributed by atoms with Crippen molar-refractivity contribution in [3.05, 3.63) is 47.5 Å². The van der Waals surface area contributed by atoms with E-state index in [1.54, 1.807) is 29.4 Å². The summed E-state index contributed by atoms with van der Waals surface area (Å²) in [6, 6.07) is 7.31. The van der Waals surface area contributed by atoms with Gasteiger partial charge in [0.25, 0.3) is 0 Å². The fourth-order valence-corrected chi connectivity index (χ4v) is 6.04. The first-order valence-electron chi connectivity index (χ1n) is 9.98. The summed E-state index contributed by atoms with van der Waals surface area (Å²) in [5.74, 6) is 0.726. The van der Waals surface area contributed by atoms with Crippen LogP contribution in [0, 0.1) is 0 Å². The molecule has 1 aliphatic rings. The number of nitrogens with zero attached hydrogens (tertiary/aromatic N) is 6. The summed E-state index contributed by atoms with van der Waals surface area (Å²) in [4.78, 5) is 8.97. The lowest BCUT2D eigenvalue weighted by molar-refractivity contribution is 0.476. The molecule has 12 heteroatoms. The van der Waals surface area contributed by atoms with E-state index in [9.17, 15) is 12.6 Å². The lowest BCUT2D eigenvalue weighted by atomic mass is 10.2. The molecule has 0 bridgehead atoms. The molecule has 0 spiro atoms. The van der Waals surface area contributed by atoms with Gasteiger partial charge in [0.15, 0.2) is 14.9 Å². The smallest absolute Gasteiger partial charge is 0.195 e. The second-order valence-electron chi connectivity index (χ2n) is 7.91. The van der Waals surface area contributed by atoms with Gasteiger partial charge < -0.3 is 4.57 Å². The average Bonchev–Trinajstić information content (AvgIpc) is 3.43. The number of hydrogen-bond acceptors (Lipinski definition) is 6. The van der Waals surface area contributed by atoms with Crippen molar-refractivity contribution in [1.29, 1.82) is 0 Å². The molecule has 5 rings (SSSR count). The number of aromatic nitrogens is 5. The zero-order chi connectivity index (χ0) is 22.6. The van der Waals surface area contributed by atoms with E-state index in [4.69, 9.17) is 16.6 Å². The van der Waals surface area contributed by atoms with Crippen molar-refractivity contribution >= 4 is 54.4 Å². The Balaban J connectivity index is 1.65. The van der Waals surface area contributed by atoms with Crippen LogP contribution in [0.1, 0.15) is 18.3 Å². The predicted octanol–water partition coefficient (Wildman–Crippen LogP) is 2.43. The molecule has 1 fully saturated rings. The maximum Gasteiger partial charge on any atom is 0.195 e. The highest BCUT2D eigenvalue weighted by molar-refractivity contribution is 7.90. The van der Waals surface area contributed by atoms with E-state index in [0.717, 1.165) is 36.1 Å². The fourth-order valence-electron chi connectivity index (χ4n) is 4.31. The van der Waals surface area contributed by atoms with Crippen molar-refractivity contribution in [2.75, 3.05) is 25.6 Å². The van der Waals surface area contributed by atoms with Crippen LogP contribution in [0.2, 0.25) is 5.02 Å². The number of pyridine rings is 1. The Hall–Kier alpha value is -2.34. The van der Waals surface area contributed by atoms with Crippen LogP contribution in [0.5, 0.6) is 0 Å².